The van der Waals surface area contributed by atoms with E-state index in [9.17, 15) is 9.59 Å². The van der Waals surface area contributed by atoms with Crippen LogP contribution in [0, 0.1) is 0 Å². The van der Waals surface area contributed by atoms with Crippen LogP contribution in [-0.4, -0.2) is 25.2 Å². The number of esters is 2. The molecule has 0 heterocycles. The quantitative estimate of drug-likeness (QED) is 0.243. The monoisotopic (exact) mass is 204 g/mol. The Bertz CT molecular complexity index is 202. The first-order valence-electron chi connectivity index (χ1n) is 3.85. The third-order valence-electron chi connectivity index (χ3n) is 1.12. The van der Waals surface area contributed by atoms with Gasteiger partial charge in [-0.25, -0.2) is 9.59 Å². The zero-order chi connectivity index (χ0) is 10.3. The van der Waals surface area contributed by atoms with Crippen LogP contribution in [0.4, 0.5) is 0 Å². The summed E-state index contributed by atoms with van der Waals surface area (Å²) < 4.78 is 9.21. The Morgan fingerprint density at radius 1 is 1.15 bits per heavy atom. The standard InChI is InChI=1S/C8H12O4S/c1-3-11-7(9)6(5-13)8(10)12-4-2/h5,13H,3-4H2,1-2H3. The van der Waals surface area contributed by atoms with E-state index in [1.165, 1.54) is 0 Å². The summed E-state index contributed by atoms with van der Waals surface area (Å²) in [6.07, 6.45) is 0. The molecule has 5 heteroatoms. The van der Waals surface area contributed by atoms with Crippen LogP contribution in [0.3, 0.4) is 0 Å². The van der Waals surface area contributed by atoms with Crippen molar-refractivity contribution < 1.29 is 19.1 Å². The van der Waals surface area contributed by atoms with E-state index < -0.39 is 11.9 Å². The van der Waals surface area contributed by atoms with Crippen molar-refractivity contribution in [3.8, 4) is 0 Å². The van der Waals surface area contributed by atoms with Gasteiger partial charge in [-0.3, -0.25) is 0 Å². The summed E-state index contributed by atoms with van der Waals surface area (Å²) in [6.45, 7) is 3.73. The van der Waals surface area contributed by atoms with Crippen LogP contribution in [0.1, 0.15) is 13.8 Å². The predicted molar refractivity (Wildman–Crippen MR) is 50.3 cm³/mol. The molecule has 0 rings (SSSR count). The number of carbonyl (C=O) groups excluding carboxylic acids is 2. The Kier molecular flexibility index (Phi) is 6.05. The van der Waals surface area contributed by atoms with Gasteiger partial charge in [0.1, 0.15) is 0 Å². The molecule has 0 aliphatic rings. The minimum Gasteiger partial charge on any atom is -0.462 e. The highest BCUT2D eigenvalue weighted by Crippen LogP contribution is 2.03. The average molecular weight is 204 g/mol. The van der Waals surface area contributed by atoms with E-state index in [1.54, 1.807) is 13.8 Å². The molecule has 0 spiro atoms. The molecular weight excluding hydrogens is 192 g/mol. The van der Waals surface area contributed by atoms with Gasteiger partial charge in [0, 0.05) is 0 Å². The molecule has 0 amide bonds. The van der Waals surface area contributed by atoms with Gasteiger partial charge < -0.3 is 9.47 Å². The van der Waals surface area contributed by atoms with Crippen molar-refractivity contribution in [2.75, 3.05) is 13.2 Å². The Labute approximate surface area is 82.3 Å². The highest BCUT2D eigenvalue weighted by Gasteiger charge is 2.19. The number of ether oxygens (including phenoxy) is 2. The predicted octanol–water partition coefficient (Wildman–Crippen LogP) is 0.926. The lowest BCUT2D eigenvalue weighted by molar-refractivity contribution is -0.146. The lowest BCUT2D eigenvalue weighted by atomic mass is 10.3. The van der Waals surface area contributed by atoms with Gasteiger partial charge >= 0.3 is 11.9 Å². The molecule has 0 aromatic carbocycles. The van der Waals surface area contributed by atoms with E-state index in [0.29, 0.717) is 0 Å². The summed E-state index contributed by atoms with van der Waals surface area (Å²) in [6, 6.07) is 0. The molecule has 0 fully saturated rings. The van der Waals surface area contributed by atoms with Gasteiger partial charge in [0.15, 0.2) is 5.57 Å². The molecule has 0 aliphatic carbocycles. The molecule has 0 atom stereocenters. The minimum atomic E-state index is -0.712. The third kappa shape index (κ3) is 3.98. The zero-order valence-electron chi connectivity index (χ0n) is 7.57. The van der Waals surface area contributed by atoms with E-state index >= 15 is 0 Å². The van der Waals surface area contributed by atoms with Crippen molar-refractivity contribution in [3.63, 3.8) is 0 Å². The van der Waals surface area contributed by atoms with Crippen LogP contribution in [0.25, 0.3) is 0 Å². The van der Waals surface area contributed by atoms with Gasteiger partial charge in [0.2, 0.25) is 0 Å². The lowest BCUT2D eigenvalue weighted by Crippen LogP contribution is -2.17. The SMILES string of the molecule is CCOC(=O)C(=CS)C(=O)OCC. The van der Waals surface area contributed by atoms with Crippen LogP contribution in [0.15, 0.2) is 11.0 Å². The molecule has 0 aromatic heterocycles. The van der Waals surface area contributed by atoms with E-state index in [-0.39, 0.29) is 18.8 Å². The maximum atomic E-state index is 11.1. The number of hydrogen-bond acceptors (Lipinski definition) is 5. The second kappa shape index (κ2) is 6.54. The van der Waals surface area contributed by atoms with Crippen molar-refractivity contribution in [2.45, 2.75) is 13.8 Å². The summed E-state index contributed by atoms with van der Waals surface area (Å²) >= 11 is 3.72. The van der Waals surface area contributed by atoms with Crippen LogP contribution in [0.5, 0.6) is 0 Å². The Morgan fingerprint density at radius 2 is 1.54 bits per heavy atom. The first-order valence-corrected chi connectivity index (χ1v) is 4.37. The fourth-order valence-electron chi connectivity index (χ4n) is 0.606. The molecule has 13 heavy (non-hydrogen) atoms. The van der Waals surface area contributed by atoms with Crippen molar-refractivity contribution in [1.29, 1.82) is 0 Å². The second-order valence-electron chi connectivity index (χ2n) is 1.98. The fourth-order valence-corrected chi connectivity index (χ4v) is 0.817. The molecule has 4 nitrogen and oxygen atoms in total. The van der Waals surface area contributed by atoms with Crippen molar-refractivity contribution in [3.05, 3.63) is 11.0 Å². The second-order valence-corrected chi connectivity index (χ2v) is 2.24. The van der Waals surface area contributed by atoms with Gasteiger partial charge in [-0.2, -0.15) is 12.6 Å². The number of carbonyl (C=O) groups is 2. The largest absolute Gasteiger partial charge is 0.462 e. The van der Waals surface area contributed by atoms with Crippen LogP contribution in [0.2, 0.25) is 0 Å². The summed E-state index contributed by atoms with van der Waals surface area (Å²) in [5.74, 6) is -1.42. The molecule has 0 bridgehead atoms. The molecule has 0 saturated heterocycles. The first kappa shape index (κ1) is 12.0. The number of rotatable bonds is 4. The molecule has 0 aromatic rings. The van der Waals surface area contributed by atoms with Crippen LogP contribution >= 0.6 is 12.6 Å². The highest BCUT2D eigenvalue weighted by molar-refractivity contribution is 7.83. The number of thiol groups is 1. The van der Waals surface area contributed by atoms with Gasteiger partial charge in [-0.15, -0.1) is 0 Å². The molecular formula is C8H12O4S. The Morgan fingerprint density at radius 3 is 1.77 bits per heavy atom. The molecule has 0 unspecified atom stereocenters. The summed E-state index contributed by atoms with van der Waals surface area (Å²) in [5, 5.41) is 1.08. The van der Waals surface area contributed by atoms with Gasteiger partial charge in [0.05, 0.1) is 13.2 Å². The van der Waals surface area contributed by atoms with Crippen molar-refractivity contribution in [1.82, 2.24) is 0 Å². The van der Waals surface area contributed by atoms with Crippen LogP contribution in [-0.2, 0) is 19.1 Å². The van der Waals surface area contributed by atoms with E-state index in [2.05, 4.69) is 22.1 Å². The summed E-state index contributed by atoms with van der Waals surface area (Å²) in [4.78, 5) is 22.1. The molecule has 0 N–H and O–H groups in total. The summed E-state index contributed by atoms with van der Waals surface area (Å²) in [7, 11) is 0. The molecule has 74 valence electrons. The van der Waals surface area contributed by atoms with Crippen molar-refractivity contribution >= 4 is 24.6 Å². The topological polar surface area (TPSA) is 52.6 Å². The van der Waals surface area contributed by atoms with Crippen molar-refractivity contribution in [2.24, 2.45) is 0 Å². The number of hydrogen-bond donors (Lipinski definition) is 1. The Hall–Kier alpha value is -0.970. The first-order chi connectivity index (χ1) is 6.17. The Balaban J connectivity index is 4.35. The maximum Gasteiger partial charge on any atom is 0.346 e. The fraction of sp³-hybridized carbons (Fsp3) is 0.500. The summed E-state index contributed by atoms with van der Waals surface area (Å²) in [5.41, 5.74) is -0.188. The van der Waals surface area contributed by atoms with Crippen LogP contribution < -0.4 is 0 Å². The van der Waals surface area contributed by atoms with E-state index in [0.717, 1.165) is 5.41 Å². The smallest absolute Gasteiger partial charge is 0.346 e. The third-order valence-corrected chi connectivity index (χ3v) is 1.38. The lowest BCUT2D eigenvalue weighted by Gasteiger charge is -2.04. The van der Waals surface area contributed by atoms with Gasteiger partial charge in [-0.05, 0) is 19.3 Å². The average Bonchev–Trinajstić information content (AvgIpc) is 2.06. The maximum absolute atomic E-state index is 11.1. The van der Waals surface area contributed by atoms with E-state index in [4.69, 9.17) is 0 Å². The molecule has 0 saturated carbocycles. The zero-order valence-corrected chi connectivity index (χ0v) is 8.47. The normalized spacial score (nSPS) is 8.85. The molecule has 0 aliphatic heterocycles. The molecule has 0 radical (unpaired) electrons. The minimum absolute atomic E-state index is 0.188. The van der Waals surface area contributed by atoms with E-state index in [1.807, 2.05) is 0 Å². The van der Waals surface area contributed by atoms with Gasteiger partial charge in [0.25, 0.3) is 0 Å². The highest BCUT2D eigenvalue weighted by atomic mass is 32.1. The van der Waals surface area contributed by atoms with Gasteiger partial charge in [-0.1, -0.05) is 0 Å².